The third-order valence-corrected chi connectivity index (χ3v) is 2.56. The number of carbonyl (C=O) groups is 1. The lowest BCUT2D eigenvalue weighted by atomic mass is 10.0. The van der Waals surface area contributed by atoms with Crippen LogP contribution in [0.25, 0.3) is 0 Å². The lowest BCUT2D eigenvalue weighted by Crippen LogP contribution is -2.44. The Balaban J connectivity index is 2.83. The van der Waals surface area contributed by atoms with Crippen molar-refractivity contribution in [2.45, 2.75) is 32.7 Å². The van der Waals surface area contributed by atoms with Crippen LogP contribution in [0.15, 0.2) is 18.2 Å². The van der Waals surface area contributed by atoms with E-state index in [4.69, 9.17) is 5.11 Å². The van der Waals surface area contributed by atoms with Crippen LogP contribution in [0.2, 0.25) is 0 Å². The molecular formula is C13H18FNO2. The van der Waals surface area contributed by atoms with Gasteiger partial charge in [-0.2, -0.15) is 0 Å². The van der Waals surface area contributed by atoms with Gasteiger partial charge < -0.3 is 10.4 Å². The number of hydrogen-bond acceptors (Lipinski definition) is 2. The Bertz CT molecular complexity index is 416. The number of rotatable bonds is 4. The van der Waals surface area contributed by atoms with Gasteiger partial charge in [0.1, 0.15) is 5.82 Å². The number of hydrogen-bond donors (Lipinski definition) is 2. The number of carbonyl (C=O) groups excluding carboxylic acids is 1. The maximum Gasteiger partial charge on any atom is 0.254 e. The number of aliphatic hydroxyl groups is 1. The molecule has 0 atom stereocenters. The number of benzene rings is 1. The molecule has 0 aromatic heterocycles. The highest BCUT2D eigenvalue weighted by Crippen LogP contribution is 2.13. The lowest BCUT2D eigenvalue weighted by molar-refractivity contribution is 0.0895. The first-order chi connectivity index (χ1) is 7.85. The number of halogens is 1. The van der Waals surface area contributed by atoms with Crippen molar-refractivity contribution in [2.75, 3.05) is 6.61 Å². The van der Waals surface area contributed by atoms with Gasteiger partial charge in [0.25, 0.3) is 5.91 Å². The molecule has 0 aliphatic carbocycles. The predicted octanol–water partition coefficient (Wildman–Crippen LogP) is 2.02. The molecule has 0 saturated heterocycles. The monoisotopic (exact) mass is 239 g/mol. The van der Waals surface area contributed by atoms with Crippen molar-refractivity contribution >= 4 is 5.91 Å². The molecule has 94 valence electrons. The predicted molar refractivity (Wildman–Crippen MR) is 64.4 cm³/mol. The van der Waals surface area contributed by atoms with Crippen LogP contribution in [0, 0.1) is 12.7 Å². The number of amides is 1. The summed E-state index contributed by atoms with van der Waals surface area (Å²) in [4.78, 5) is 11.8. The minimum atomic E-state index is -0.552. The van der Waals surface area contributed by atoms with E-state index in [1.165, 1.54) is 12.1 Å². The Morgan fingerprint density at radius 3 is 2.65 bits per heavy atom. The Morgan fingerprint density at radius 1 is 1.47 bits per heavy atom. The van der Waals surface area contributed by atoms with Gasteiger partial charge in [0.15, 0.2) is 0 Å². The Morgan fingerprint density at radius 2 is 2.12 bits per heavy atom. The standard InChI is InChI=1S/C13H18FNO2/c1-9-4-5-10(11(14)8-9)12(17)15-13(2,3)6-7-16/h4-5,8,16H,6-7H2,1-3H3,(H,15,17). The zero-order valence-electron chi connectivity index (χ0n) is 10.4. The van der Waals surface area contributed by atoms with Crippen molar-refractivity contribution in [1.82, 2.24) is 5.32 Å². The molecule has 0 fully saturated rings. The van der Waals surface area contributed by atoms with Gasteiger partial charge in [0, 0.05) is 12.1 Å². The second kappa shape index (κ2) is 5.27. The molecule has 4 heteroatoms. The molecule has 0 bridgehead atoms. The van der Waals surface area contributed by atoms with Crippen molar-refractivity contribution in [3.05, 3.63) is 35.1 Å². The van der Waals surface area contributed by atoms with Crippen LogP contribution in [-0.4, -0.2) is 23.2 Å². The van der Waals surface area contributed by atoms with Gasteiger partial charge >= 0.3 is 0 Å². The summed E-state index contributed by atoms with van der Waals surface area (Å²) in [6.45, 7) is 5.31. The average molecular weight is 239 g/mol. The molecular weight excluding hydrogens is 221 g/mol. The normalized spacial score (nSPS) is 11.4. The first kappa shape index (κ1) is 13.6. The topological polar surface area (TPSA) is 49.3 Å². The van der Waals surface area contributed by atoms with Crippen LogP contribution >= 0.6 is 0 Å². The van der Waals surface area contributed by atoms with E-state index < -0.39 is 17.3 Å². The second-order valence-electron chi connectivity index (χ2n) is 4.79. The first-order valence-electron chi connectivity index (χ1n) is 5.55. The molecule has 1 rings (SSSR count). The molecule has 1 aromatic carbocycles. The smallest absolute Gasteiger partial charge is 0.254 e. The summed E-state index contributed by atoms with van der Waals surface area (Å²) in [5.74, 6) is -0.983. The summed E-state index contributed by atoms with van der Waals surface area (Å²) in [5.41, 5.74) is 0.249. The van der Waals surface area contributed by atoms with Crippen molar-refractivity contribution in [3.8, 4) is 0 Å². The molecule has 0 spiro atoms. The van der Waals surface area contributed by atoms with E-state index in [-0.39, 0.29) is 12.2 Å². The minimum Gasteiger partial charge on any atom is -0.396 e. The van der Waals surface area contributed by atoms with Crippen LogP contribution in [0.3, 0.4) is 0 Å². The third kappa shape index (κ3) is 3.82. The summed E-state index contributed by atoms with van der Waals surface area (Å²) in [7, 11) is 0. The van der Waals surface area contributed by atoms with E-state index >= 15 is 0 Å². The zero-order chi connectivity index (χ0) is 13.1. The van der Waals surface area contributed by atoms with Crippen LogP contribution in [0.1, 0.15) is 36.2 Å². The fourth-order valence-corrected chi connectivity index (χ4v) is 1.52. The maximum absolute atomic E-state index is 13.6. The second-order valence-corrected chi connectivity index (χ2v) is 4.79. The van der Waals surface area contributed by atoms with Gasteiger partial charge in [0.05, 0.1) is 5.56 Å². The summed E-state index contributed by atoms with van der Waals surface area (Å²) >= 11 is 0. The molecule has 1 aromatic rings. The highest BCUT2D eigenvalue weighted by molar-refractivity contribution is 5.94. The van der Waals surface area contributed by atoms with E-state index in [0.29, 0.717) is 6.42 Å². The Hall–Kier alpha value is -1.42. The van der Waals surface area contributed by atoms with Crippen molar-refractivity contribution in [1.29, 1.82) is 0 Å². The van der Waals surface area contributed by atoms with Crippen molar-refractivity contribution < 1.29 is 14.3 Å². The molecule has 3 nitrogen and oxygen atoms in total. The fraction of sp³-hybridized carbons (Fsp3) is 0.462. The lowest BCUT2D eigenvalue weighted by Gasteiger charge is -2.25. The van der Waals surface area contributed by atoms with E-state index in [9.17, 15) is 9.18 Å². The zero-order valence-corrected chi connectivity index (χ0v) is 10.4. The number of aliphatic hydroxyl groups excluding tert-OH is 1. The molecule has 0 heterocycles. The van der Waals surface area contributed by atoms with Crippen molar-refractivity contribution in [3.63, 3.8) is 0 Å². The minimum absolute atomic E-state index is 0.0241. The molecule has 0 aliphatic heterocycles. The van der Waals surface area contributed by atoms with E-state index in [1.807, 2.05) is 0 Å². The summed E-state index contributed by atoms with van der Waals surface area (Å²) < 4.78 is 13.6. The first-order valence-corrected chi connectivity index (χ1v) is 5.55. The van der Waals surface area contributed by atoms with Crippen LogP contribution in [-0.2, 0) is 0 Å². The fourth-order valence-electron chi connectivity index (χ4n) is 1.52. The van der Waals surface area contributed by atoms with E-state index in [1.54, 1.807) is 26.8 Å². The molecule has 2 N–H and O–H groups in total. The summed E-state index contributed by atoms with van der Waals surface area (Å²) in [6.07, 6.45) is 0.423. The van der Waals surface area contributed by atoms with Gasteiger partial charge in [-0.25, -0.2) is 4.39 Å². The van der Waals surface area contributed by atoms with Gasteiger partial charge in [-0.3, -0.25) is 4.79 Å². The van der Waals surface area contributed by atoms with Gasteiger partial charge in [-0.05, 0) is 44.9 Å². The van der Waals surface area contributed by atoms with Crippen molar-refractivity contribution in [2.24, 2.45) is 0 Å². The molecule has 17 heavy (non-hydrogen) atoms. The Labute approximate surface area is 101 Å². The highest BCUT2D eigenvalue weighted by Gasteiger charge is 2.22. The third-order valence-electron chi connectivity index (χ3n) is 2.56. The Kier molecular flexibility index (Phi) is 4.23. The molecule has 0 radical (unpaired) electrons. The number of nitrogens with one attached hydrogen (secondary N) is 1. The van der Waals surface area contributed by atoms with Gasteiger partial charge in [-0.1, -0.05) is 6.07 Å². The highest BCUT2D eigenvalue weighted by atomic mass is 19.1. The molecule has 0 unspecified atom stereocenters. The van der Waals surface area contributed by atoms with Gasteiger partial charge in [0.2, 0.25) is 0 Å². The largest absolute Gasteiger partial charge is 0.396 e. The number of aryl methyl sites for hydroxylation is 1. The van der Waals surface area contributed by atoms with Gasteiger partial charge in [-0.15, -0.1) is 0 Å². The maximum atomic E-state index is 13.6. The quantitative estimate of drug-likeness (QED) is 0.844. The van der Waals surface area contributed by atoms with Crippen LogP contribution in [0.4, 0.5) is 4.39 Å². The van der Waals surface area contributed by atoms with E-state index in [0.717, 1.165) is 5.56 Å². The summed E-state index contributed by atoms with van der Waals surface area (Å²) in [5, 5.41) is 11.5. The SMILES string of the molecule is Cc1ccc(C(=O)NC(C)(C)CCO)c(F)c1. The summed E-state index contributed by atoms with van der Waals surface area (Å²) in [6, 6.07) is 4.49. The van der Waals surface area contributed by atoms with Crippen LogP contribution in [0.5, 0.6) is 0 Å². The van der Waals surface area contributed by atoms with Crippen LogP contribution < -0.4 is 5.32 Å². The average Bonchev–Trinajstić information content (AvgIpc) is 2.15. The molecule has 0 aliphatic rings. The van der Waals surface area contributed by atoms with E-state index in [2.05, 4.69) is 5.32 Å². The molecule has 1 amide bonds. The molecule has 0 saturated carbocycles.